The van der Waals surface area contributed by atoms with Crippen LogP contribution in [-0.2, 0) is 9.59 Å². The molecule has 1 saturated carbocycles. The third kappa shape index (κ3) is 1.05. The Bertz CT molecular complexity index is 376. The maximum Gasteiger partial charge on any atom is 0.257 e. The van der Waals surface area contributed by atoms with Gasteiger partial charge in [-0.15, -0.1) is 0 Å². The van der Waals surface area contributed by atoms with Gasteiger partial charge in [0, 0.05) is 11.8 Å². The lowest BCUT2D eigenvalue weighted by atomic mass is 9.74. The maximum absolute atomic E-state index is 11.7. The molecule has 3 atom stereocenters. The molecule has 2 aliphatic carbocycles. The minimum atomic E-state index is -0.455. The molecule has 4 heteroatoms. The van der Waals surface area contributed by atoms with Crippen molar-refractivity contribution >= 4 is 11.8 Å². The highest BCUT2D eigenvalue weighted by Crippen LogP contribution is 2.55. The first-order valence-corrected chi connectivity index (χ1v) is 5.37. The zero-order valence-electron chi connectivity index (χ0n) is 8.35. The van der Waals surface area contributed by atoms with Gasteiger partial charge in [0.15, 0.2) is 0 Å². The van der Waals surface area contributed by atoms with Crippen molar-refractivity contribution in [3.63, 3.8) is 0 Å². The molecule has 1 saturated heterocycles. The zero-order chi connectivity index (χ0) is 10.6. The Morgan fingerprint density at radius 3 is 2.67 bits per heavy atom. The number of amides is 2. The quantitative estimate of drug-likeness (QED) is 0.398. The molecule has 2 amide bonds. The fourth-order valence-electron chi connectivity index (χ4n) is 3.29. The lowest BCUT2D eigenvalue weighted by Crippen LogP contribution is -2.33. The van der Waals surface area contributed by atoms with E-state index in [4.69, 9.17) is 0 Å². The molecule has 2 fully saturated rings. The first-order valence-electron chi connectivity index (χ1n) is 5.37. The van der Waals surface area contributed by atoms with Crippen LogP contribution in [0, 0.1) is 17.3 Å². The molecular weight excluding hydrogens is 194 g/mol. The van der Waals surface area contributed by atoms with Gasteiger partial charge in [-0.25, -0.2) is 0 Å². The number of rotatable bonds is 1. The average molecular weight is 207 g/mol. The third-order valence-corrected chi connectivity index (χ3v) is 4.14. The average Bonchev–Trinajstić information content (AvgIpc) is 2.89. The molecule has 2 bridgehead atoms. The monoisotopic (exact) mass is 207 g/mol. The Morgan fingerprint density at radius 1 is 1.47 bits per heavy atom. The number of allylic oxidation sites excluding steroid dienone is 2. The summed E-state index contributed by atoms with van der Waals surface area (Å²) < 4.78 is 0. The molecule has 15 heavy (non-hydrogen) atoms. The lowest BCUT2D eigenvalue weighted by Gasteiger charge is -2.28. The van der Waals surface area contributed by atoms with Crippen molar-refractivity contribution in [2.75, 3.05) is 0 Å². The predicted molar refractivity (Wildman–Crippen MR) is 50.7 cm³/mol. The molecule has 80 valence electrons. The molecule has 0 aromatic heterocycles. The van der Waals surface area contributed by atoms with E-state index in [-0.39, 0.29) is 17.8 Å². The van der Waals surface area contributed by atoms with E-state index in [1.165, 1.54) is 0 Å². The second-order valence-corrected chi connectivity index (χ2v) is 4.90. The van der Waals surface area contributed by atoms with E-state index in [0.717, 1.165) is 19.3 Å². The molecule has 0 aromatic rings. The Balaban J connectivity index is 1.93. The van der Waals surface area contributed by atoms with Crippen LogP contribution in [0.3, 0.4) is 0 Å². The fraction of sp³-hybridized carbons (Fsp3) is 0.636. The van der Waals surface area contributed by atoms with E-state index in [0.29, 0.717) is 11.0 Å². The third-order valence-electron chi connectivity index (χ3n) is 4.14. The molecule has 0 spiro atoms. The van der Waals surface area contributed by atoms with Gasteiger partial charge in [0.05, 0.1) is 5.92 Å². The van der Waals surface area contributed by atoms with Crippen molar-refractivity contribution in [3.05, 3.63) is 12.2 Å². The first kappa shape index (κ1) is 9.09. The van der Waals surface area contributed by atoms with E-state index in [1.54, 1.807) is 0 Å². The van der Waals surface area contributed by atoms with Crippen LogP contribution >= 0.6 is 0 Å². The van der Waals surface area contributed by atoms with Crippen molar-refractivity contribution in [2.45, 2.75) is 25.7 Å². The molecule has 3 aliphatic rings. The zero-order valence-corrected chi connectivity index (χ0v) is 8.35. The SMILES string of the molecule is O=C1CC(C23C=CC(CC2)C3)C(=O)N1O. The highest BCUT2D eigenvalue weighted by atomic mass is 16.5. The number of carbonyl (C=O) groups excluding carboxylic acids is 2. The smallest absolute Gasteiger partial charge is 0.257 e. The Labute approximate surface area is 87.5 Å². The van der Waals surface area contributed by atoms with Crippen molar-refractivity contribution in [3.8, 4) is 0 Å². The van der Waals surface area contributed by atoms with Crippen LogP contribution in [0.2, 0.25) is 0 Å². The number of imide groups is 1. The maximum atomic E-state index is 11.7. The Hall–Kier alpha value is -1.16. The summed E-state index contributed by atoms with van der Waals surface area (Å²) in [6.45, 7) is 0. The van der Waals surface area contributed by atoms with Gasteiger partial charge >= 0.3 is 0 Å². The molecule has 4 nitrogen and oxygen atoms in total. The van der Waals surface area contributed by atoms with E-state index in [9.17, 15) is 14.8 Å². The summed E-state index contributed by atoms with van der Waals surface area (Å²) in [5, 5.41) is 9.54. The van der Waals surface area contributed by atoms with Gasteiger partial charge in [-0.05, 0) is 25.2 Å². The molecule has 1 N–H and O–H groups in total. The van der Waals surface area contributed by atoms with E-state index < -0.39 is 11.8 Å². The van der Waals surface area contributed by atoms with Crippen molar-refractivity contribution in [1.29, 1.82) is 0 Å². The predicted octanol–water partition coefficient (Wildman–Crippen LogP) is 1.11. The number of nitrogens with zero attached hydrogens (tertiary/aromatic N) is 1. The first-order chi connectivity index (χ1) is 7.12. The highest BCUT2D eigenvalue weighted by molar-refractivity contribution is 6.02. The largest absolute Gasteiger partial charge is 0.279 e. The summed E-state index contributed by atoms with van der Waals surface area (Å²) in [7, 11) is 0. The summed E-state index contributed by atoms with van der Waals surface area (Å²) in [4.78, 5) is 23.0. The summed E-state index contributed by atoms with van der Waals surface area (Å²) in [6.07, 6.45) is 7.49. The fourth-order valence-corrected chi connectivity index (χ4v) is 3.29. The van der Waals surface area contributed by atoms with Crippen LogP contribution in [0.4, 0.5) is 0 Å². The van der Waals surface area contributed by atoms with Crippen molar-refractivity contribution < 1.29 is 14.8 Å². The van der Waals surface area contributed by atoms with Gasteiger partial charge in [0.25, 0.3) is 11.8 Å². The Kier molecular flexibility index (Phi) is 1.63. The van der Waals surface area contributed by atoms with Gasteiger partial charge in [-0.1, -0.05) is 12.2 Å². The second kappa shape index (κ2) is 2.70. The lowest BCUT2D eigenvalue weighted by molar-refractivity contribution is -0.173. The second-order valence-electron chi connectivity index (χ2n) is 4.90. The van der Waals surface area contributed by atoms with Crippen molar-refractivity contribution in [1.82, 2.24) is 5.06 Å². The van der Waals surface area contributed by atoms with Gasteiger partial charge < -0.3 is 0 Å². The summed E-state index contributed by atoms with van der Waals surface area (Å²) in [6, 6.07) is 0. The molecule has 3 unspecified atom stereocenters. The molecule has 0 radical (unpaired) electrons. The number of hydroxylamine groups is 2. The summed E-state index contributed by atoms with van der Waals surface area (Å²) in [5.41, 5.74) is -0.130. The van der Waals surface area contributed by atoms with Crippen LogP contribution in [0.1, 0.15) is 25.7 Å². The van der Waals surface area contributed by atoms with Crippen molar-refractivity contribution in [2.24, 2.45) is 17.3 Å². The number of fused-ring (bicyclic) bond motifs is 2. The molecule has 1 heterocycles. The van der Waals surface area contributed by atoms with E-state index in [2.05, 4.69) is 12.2 Å². The normalized spacial score (nSPS) is 43.4. The van der Waals surface area contributed by atoms with Crippen LogP contribution in [-0.4, -0.2) is 22.1 Å². The number of carbonyl (C=O) groups is 2. The summed E-state index contributed by atoms with van der Waals surface area (Å²) in [5.74, 6) is -0.602. The number of hydrogen-bond acceptors (Lipinski definition) is 3. The molecule has 3 rings (SSSR count). The van der Waals surface area contributed by atoms with Crippen LogP contribution in [0.15, 0.2) is 12.2 Å². The van der Waals surface area contributed by atoms with E-state index >= 15 is 0 Å². The standard InChI is InChI=1S/C11H13NO3/c13-9-5-8(10(14)12(9)15)11-3-1-7(6-11)2-4-11/h1,3,7-8,15H,2,4-6H2. The van der Waals surface area contributed by atoms with Crippen LogP contribution in [0.5, 0.6) is 0 Å². The molecular formula is C11H13NO3. The molecule has 0 aromatic carbocycles. The number of hydrogen-bond donors (Lipinski definition) is 1. The minimum absolute atomic E-state index is 0.130. The summed E-state index contributed by atoms with van der Waals surface area (Å²) >= 11 is 0. The van der Waals surface area contributed by atoms with Crippen LogP contribution in [0.25, 0.3) is 0 Å². The topological polar surface area (TPSA) is 57.6 Å². The van der Waals surface area contributed by atoms with Gasteiger partial charge in [-0.2, -0.15) is 5.06 Å². The minimum Gasteiger partial charge on any atom is -0.279 e. The van der Waals surface area contributed by atoms with Gasteiger partial charge in [0.1, 0.15) is 0 Å². The van der Waals surface area contributed by atoms with E-state index in [1.807, 2.05) is 0 Å². The molecule has 1 aliphatic heterocycles. The Morgan fingerprint density at radius 2 is 2.27 bits per heavy atom. The van der Waals surface area contributed by atoms with Gasteiger partial charge in [0.2, 0.25) is 0 Å². The highest BCUT2D eigenvalue weighted by Gasteiger charge is 2.54. The van der Waals surface area contributed by atoms with Gasteiger partial charge in [-0.3, -0.25) is 14.8 Å². The van der Waals surface area contributed by atoms with Crippen LogP contribution < -0.4 is 0 Å².